The Morgan fingerprint density at radius 3 is 2.59 bits per heavy atom. The molecule has 2 aromatic rings. The summed E-state index contributed by atoms with van der Waals surface area (Å²) in [7, 11) is 1.75. The second-order valence-corrected chi connectivity index (χ2v) is 4.84. The normalized spacial score (nSPS) is 12.0. The molecule has 2 heterocycles. The predicted octanol–water partition coefficient (Wildman–Crippen LogP) is -0.628. The lowest BCUT2D eigenvalue weighted by molar-refractivity contribution is 0.328. The number of tetrazole rings is 1. The van der Waals surface area contributed by atoms with Crippen molar-refractivity contribution in [1.29, 1.82) is 0 Å². The molecule has 0 unspecified atom stereocenters. The fourth-order valence-electron chi connectivity index (χ4n) is 1.54. The molecular weight excluding hydrogens is 222 g/mol. The number of hydrogen-bond acceptors (Lipinski definition) is 5. The molecule has 0 aromatic carbocycles. The summed E-state index contributed by atoms with van der Waals surface area (Å²) in [6.45, 7) is 6.30. The van der Waals surface area contributed by atoms with Crippen LogP contribution in [0.2, 0.25) is 0 Å². The van der Waals surface area contributed by atoms with Gasteiger partial charge in [0.25, 0.3) is 0 Å². The van der Waals surface area contributed by atoms with Crippen LogP contribution < -0.4 is 5.69 Å². The second kappa shape index (κ2) is 3.79. The molecule has 17 heavy (non-hydrogen) atoms. The van der Waals surface area contributed by atoms with Crippen molar-refractivity contribution in [3.63, 3.8) is 0 Å². The maximum Gasteiger partial charge on any atom is 0.364 e. The summed E-state index contributed by atoms with van der Waals surface area (Å²) in [5.41, 5.74) is -0.530. The van der Waals surface area contributed by atoms with Crippen molar-refractivity contribution in [2.45, 2.75) is 32.9 Å². The molecule has 0 amide bonds. The molecule has 0 spiro atoms. The Hall–Kier alpha value is -1.99. The summed E-state index contributed by atoms with van der Waals surface area (Å²) in [5.74, 6) is 0.628. The average molecular weight is 237 g/mol. The van der Waals surface area contributed by atoms with Crippen LogP contribution in [-0.2, 0) is 19.1 Å². The highest BCUT2D eigenvalue weighted by molar-refractivity contribution is 4.88. The van der Waals surface area contributed by atoms with E-state index in [0.717, 1.165) is 0 Å². The van der Waals surface area contributed by atoms with E-state index in [1.165, 1.54) is 11.0 Å². The minimum absolute atomic E-state index is 0.221. The van der Waals surface area contributed by atoms with Gasteiger partial charge < -0.3 is 0 Å². The van der Waals surface area contributed by atoms with Gasteiger partial charge in [0.2, 0.25) is 0 Å². The van der Waals surface area contributed by atoms with Gasteiger partial charge in [-0.15, -0.1) is 5.10 Å². The molecular formula is C9H15N7O. The van der Waals surface area contributed by atoms with E-state index in [2.05, 4.69) is 20.5 Å². The maximum absolute atomic E-state index is 11.5. The summed E-state index contributed by atoms with van der Waals surface area (Å²) in [6, 6.07) is 0. The molecule has 0 aliphatic rings. The highest BCUT2D eigenvalue weighted by Crippen LogP contribution is 2.13. The lowest BCUT2D eigenvalue weighted by Crippen LogP contribution is -2.30. The van der Waals surface area contributed by atoms with E-state index in [9.17, 15) is 4.79 Å². The summed E-state index contributed by atoms with van der Waals surface area (Å²) in [6.07, 6.45) is 1.47. The van der Waals surface area contributed by atoms with Crippen molar-refractivity contribution < 1.29 is 0 Å². The van der Waals surface area contributed by atoms with Gasteiger partial charge in [-0.1, -0.05) is 0 Å². The van der Waals surface area contributed by atoms with Gasteiger partial charge in [0.15, 0.2) is 5.82 Å². The van der Waals surface area contributed by atoms with Gasteiger partial charge >= 0.3 is 5.69 Å². The zero-order chi connectivity index (χ0) is 12.6. The molecule has 0 saturated carbocycles. The Balaban J connectivity index is 2.38. The van der Waals surface area contributed by atoms with Crippen LogP contribution in [-0.4, -0.2) is 34.6 Å². The topological polar surface area (TPSA) is 83.4 Å². The SMILES string of the molecule is Cn1cnc(=O)n1Cc1nnnn1C(C)(C)C. The number of hydrogen-bond donors (Lipinski definition) is 0. The average Bonchev–Trinajstić information content (AvgIpc) is 2.79. The van der Waals surface area contributed by atoms with Gasteiger partial charge in [-0.3, -0.25) is 4.68 Å². The number of rotatable bonds is 2. The first-order valence-corrected chi connectivity index (χ1v) is 5.26. The van der Waals surface area contributed by atoms with Crippen LogP contribution in [0.25, 0.3) is 0 Å². The highest BCUT2D eigenvalue weighted by atomic mass is 16.2. The Kier molecular flexibility index (Phi) is 2.56. The zero-order valence-corrected chi connectivity index (χ0v) is 10.3. The van der Waals surface area contributed by atoms with Gasteiger partial charge in [-0.25, -0.2) is 14.2 Å². The third-order valence-corrected chi connectivity index (χ3v) is 2.40. The van der Waals surface area contributed by atoms with Gasteiger partial charge in [-0.2, -0.15) is 4.98 Å². The van der Waals surface area contributed by atoms with Crippen molar-refractivity contribution >= 4 is 0 Å². The lowest BCUT2D eigenvalue weighted by atomic mass is 10.1. The van der Waals surface area contributed by atoms with Crippen LogP contribution in [0.4, 0.5) is 0 Å². The minimum Gasteiger partial charge on any atom is -0.273 e. The minimum atomic E-state index is -0.309. The molecule has 0 atom stereocenters. The largest absolute Gasteiger partial charge is 0.364 e. The standard InChI is InChI=1S/C9H15N7O/c1-9(2,3)16-7(11-12-13-16)5-15-8(17)10-6-14(15)4/h6H,5H2,1-4H3. The summed E-state index contributed by atoms with van der Waals surface area (Å²) >= 11 is 0. The van der Waals surface area contributed by atoms with E-state index in [-0.39, 0.29) is 11.2 Å². The smallest absolute Gasteiger partial charge is 0.273 e. The first-order valence-electron chi connectivity index (χ1n) is 5.26. The second-order valence-electron chi connectivity index (χ2n) is 4.84. The van der Waals surface area contributed by atoms with Gasteiger partial charge in [0, 0.05) is 7.05 Å². The maximum atomic E-state index is 11.5. The Bertz CT molecular complexity index is 571. The van der Waals surface area contributed by atoms with Gasteiger partial charge in [-0.05, 0) is 31.2 Å². The Labute approximate surface area is 97.9 Å². The fourth-order valence-corrected chi connectivity index (χ4v) is 1.54. The highest BCUT2D eigenvalue weighted by Gasteiger charge is 2.20. The molecule has 0 aliphatic carbocycles. The molecule has 92 valence electrons. The molecule has 0 fully saturated rings. The Morgan fingerprint density at radius 2 is 2.06 bits per heavy atom. The van der Waals surface area contributed by atoms with Crippen molar-refractivity contribution in [2.24, 2.45) is 7.05 Å². The third kappa shape index (κ3) is 2.10. The fraction of sp³-hybridized carbons (Fsp3) is 0.667. The van der Waals surface area contributed by atoms with E-state index in [1.807, 2.05) is 20.8 Å². The zero-order valence-electron chi connectivity index (χ0n) is 10.3. The van der Waals surface area contributed by atoms with Crippen LogP contribution in [0.15, 0.2) is 11.1 Å². The number of aryl methyl sites for hydroxylation is 1. The van der Waals surface area contributed by atoms with Crippen LogP contribution in [0.5, 0.6) is 0 Å². The molecule has 0 aliphatic heterocycles. The third-order valence-electron chi connectivity index (χ3n) is 2.40. The van der Waals surface area contributed by atoms with Crippen LogP contribution in [0.1, 0.15) is 26.6 Å². The summed E-state index contributed by atoms with van der Waals surface area (Å²) < 4.78 is 4.78. The van der Waals surface area contributed by atoms with Crippen LogP contribution in [0.3, 0.4) is 0 Å². The first kappa shape index (κ1) is 11.5. The molecule has 2 aromatic heterocycles. The number of aromatic nitrogens is 7. The first-order chi connectivity index (χ1) is 7.89. The van der Waals surface area contributed by atoms with Crippen molar-refractivity contribution in [1.82, 2.24) is 34.6 Å². The van der Waals surface area contributed by atoms with Gasteiger partial charge in [0.1, 0.15) is 12.9 Å². The molecule has 8 heteroatoms. The van der Waals surface area contributed by atoms with Crippen LogP contribution in [0, 0.1) is 0 Å². The molecule has 2 rings (SSSR count). The molecule has 0 N–H and O–H groups in total. The molecule has 0 radical (unpaired) electrons. The van der Waals surface area contributed by atoms with Crippen molar-refractivity contribution in [3.8, 4) is 0 Å². The summed E-state index contributed by atoms with van der Waals surface area (Å²) in [5, 5.41) is 11.5. The molecule has 0 saturated heterocycles. The van der Waals surface area contributed by atoms with E-state index >= 15 is 0 Å². The van der Waals surface area contributed by atoms with Crippen LogP contribution >= 0.6 is 0 Å². The lowest BCUT2D eigenvalue weighted by Gasteiger charge is -2.20. The van der Waals surface area contributed by atoms with E-state index in [1.54, 1.807) is 16.4 Å². The van der Waals surface area contributed by atoms with E-state index in [0.29, 0.717) is 12.4 Å². The van der Waals surface area contributed by atoms with Gasteiger partial charge in [0.05, 0.1) is 5.54 Å². The number of nitrogens with zero attached hydrogens (tertiary/aromatic N) is 7. The van der Waals surface area contributed by atoms with Crippen molar-refractivity contribution in [3.05, 3.63) is 22.6 Å². The Morgan fingerprint density at radius 1 is 1.35 bits per heavy atom. The van der Waals surface area contributed by atoms with Crippen molar-refractivity contribution in [2.75, 3.05) is 0 Å². The summed E-state index contributed by atoms with van der Waals surface area (Å²) in [4.78, 5) is 15.2. The van der Waals surface area contributed by atoms with E-state index in [4.69, 9.17) is 0 Å². The predicted molar refractivity (Wildman–Crippen MR) is 59.4 cm³/mol. The monoisotopic (exact) mass is 237 g/mol. The quantitative estimate of drug-likeness (QED) is 0.694. The van der Waals surface area contributed by atoms with E-state index < -0.39 is 0 Å². The molecule has 0 bridgehead atoms. The molecule has 8 nitrogen and oxygen atoms in total.